The van der Waals surface area contributed by atoms with E-state index in [-0.39, 0.29) is 30.0 Å². The zero-order chi connectivity index (χ0) is 21.5. The van der Waals surface area contributed by atoms with Crippen LogP contribution in [0, 0.1) is 0 Å². The molecule has 0 atom stereocenters. The maximum Gasteiger partial charge on any atom is 0.349 e. The Morgan fingerprint density at radius 3 is 2.47 bits per heavy atom. The van der Waals surface area contributed by atoms with Gasteiger partial charge in [-0.15, -0.1) is 6.58 Å². The third-order valence-electron chi connectivity index (χ3n) is 4.01. The third kappa shape index (κ3) is 5.05. The lowest BCUT2D eigenvalue weighted by molar-refractivity contribution is -0.136. The minimum Gasteiger partial charge on any atom is -0.497 e. The van der Waals surface area contributed by atoms with Gasteiger partial charge in [-0.1, -0.05) is 6.08 Å². The summed E-state index contributed by atoms with van der Waals surface area (Å²) in [4.78, 5) is 36.1. The lowest BCUT2D eigenvalue weighted by Gasteiger charge is -2.08. The summed E-state index contributed by atoms with van der Waals surface area (Å²) in [6, 6.07) is 12.7. The first-order valence-electron chi connectivity index (χ1n) is 8.94. The smallest absolute Gasteiger partial charge is 0.349 e. The van der Waals surface area contributed by atoms with Gasteiger partial charge in [-0.3, -0.25) is 4.79 Å². The molecule has 0 radical (unpaired) electrons. The van der Waals surface area contributed by atoms with Crippen LogP contribution in [0.2, 0.25) is 0 Å². The number of hydrogen-bond acceptors (Lipinski definition) is 7. The normalized spacial score (nSPS) is 10.3. The van der Waals surface area contributed by atoms with Gasteiger partial charge in [0.1, 0.15) is 28.4 Å². The van der Waals surface area contributed by atoms with Crippen LogP contribution in [0.5, 0.6) is 17.2 Å². The van der Waals surface area contributed by atoms with E-state index in [1.165, 1.54) is 24.3 Å². The number of rotatable bonds is 8. The van der Waals surface area contributed by atoms with Crippen LogP contribution in [-0.4, -0.2) is 32.1 Å². The minimum absolute atomic E-state index is 0.123. The van der Waals surface area contributed by atoms with Crippen molar-refractivity contribution in [3.8, 4) is 17.2 Å². The number of amides is 1. The predicted molar refractivity (Wildman–Crippen MR) is 109 cm³/mol. The number of carbonyl (C=O) groups is 2. The van der Waals surface area contributed by atoms with E-state index < -0.39 is 17.5 Å². The Kier molecular flexibility index (Phi) is 6.49. The van der Waals surface area contributed by atoms with Gasteiger partial charge in [-0.25, -0.2) is 9.59 Å². The van der Waals surface area contributed by atoms with E-state index in [1.807, 2.05) is 0 Å². The van der Waals surface area contributed by atoms with E-state index in [1.54, 1.807) is 37.4 Å². The Hall–Kier alpha value is -4.07. The van der Waals surface area contributed by atoms with E-state index >= 15 is 0 Å². The van der Waals surface area contributed by atoms with E-state index in [0.29, 0.717) is 16.9 Å². The predicted octanol–water partition coefficient (Wildman–Crippen LogP) is 2.70. The van der Waals surface area contributed by atoms with Crippen molar-refractivity contribution in [2.24, 2.45) is 0 Å². The van der Waals surface area contributed by atoms with Gasteiger partial charge in [0, 0.05) is 18.0 Å². The summed E-state index contributed by atoms with van der Waals surface area (Å²) in [5, 5.41) is 3.03. The van der Waals surface area contributed by atoms with E-state index in [2.05, 4.69) is 11.9 Å². The molecule has 1 aromatic heterocycles. The Morgan fingerprint density at radius 2 is 1.77 bits per heavy atom. The molecule has 1 heterocycles. The van der Waals surface area contributed by atoms with Crippen LogP contribution in [0.4, 0.5) is 0 Å². The highest BCUT2D eigenvalue weighted by atomic mass is 16.6. The van der Waals surface area contributed by atoms with E-state index in [4.69, 9.17) is 18.6 Å². The third-order valence-corrected chi connectivity index (χ3v) is 4.01. The molecule has 0 fully saturated rings. The molecule has 0 spiro atoms. The van der Waals surface area contributed by atoms with Gasteiger partial charge >= 0.3 is 11.6 Å². The van der Waals surface area contributed by atoms with E-state index in [0.717, 1.165) is 0 Å². The summed E-state index contributed by atoms with van der Waals surface area (Å²) in [5.74, 6) is 0.144. The van der Waals surface area contributed by atoms with Crippen molar-refractivity contribution in [3.05, 3.63) is 77.2 Å². The molecule has 0 saturated carbocycles. The van der Waals surface area contributed by atoms with Crippen LogP contribution < -0.4 is 25.2 Å². The molecule has 8 heteroatoms. The molecule has 3 aromatic rings. The summed E-state index contributed by atoms with van der Waals surface area (Å²) in [6.45, 7) is 3.41. The summed E-state index contributed by atoms with van der Waals surface area (Å²) in [5.41, 5.74) is -0.737. The zero-order valence-corrected chi connectivity index (χ0v) is 16.2. The standard InChI is InChI=1S/C22H19NO7/c1-3-10-23-21(25)18-11-14-4-5-17(12-19(14)30-22(18)26)29-20(24)13-28-16-8-6-15(27-2)7-9-16/h3-9,11-12H,1,10,13H2,2H3,(H,23,25). The van der Waals surface area contributed by atoms with Crippen molar-refractivity contribution in [1.82, 2.24) is 5.32 Å². The highest BCUT2D eigenvalue weighted by Crippen LogP contribution is 2.21. The lowest BCUT2D eigenvalue weighted by Crippen LogP contribution is -2.28. The number of methoxy groups -OCH3 is 1. The Bertz CT molecular complexity index is 1130. The second kappa shape index (κ2) is 9.42. The first-order chi connectivity index (χ1) is 14.5. The molecule has 30 heavy (non-hydrogen) atoms. The van der Waals surface area contributed by atoms with Gasteiger partial charge in [0.2, 0.25) is 0 Å². The molecule has 0 aliphatic carbocycles. The largest absolute Gasteiger partial charge is 0.497 e. The fourth-order valence-corrected chi connectivity index (χ4v) is 2.55. The number of hydrogen-bond donors (Lipinski definition) is 1. The fraction of sp³-hybridized carbons (Fsp3) is 0.136. The van der Waals surface area contributed by atoms with Crippen LogP contribution in [0.1, 0.15) is 10.4 Å². The Labute approximate surface area is 171 Å². The Balaban J connectivity index is 1.67. The number of nitrogens with one attached hydrogen (secondary N) is 1. The molecule has 0 bridgehead atoms. The van der Waals surface area contributed by atoms with Gasteiger partial charge in [-0.2, -0.15) is 0 Å². The van der Waals surface area contributed by atoms with Gasteiger partial charge in [0.05, 0.1) is 7.11 Å². The lowest BCUT2D eigenvalue weighted by atomic mass is 10.1. The number of carbonyl (C=O) groups excluding carboxylic acids is 2. The van der Waals surface area contributed by atoms with Crippen molar-refractivity contribution >= 4 is 22.8 Å². The second-order valence-electron chi connectivity index (χ2n) is 6.08. The maximum absolute atomic E-state index is 12.1. The summed E-state index contributed by atoms with van der Waals surface area (Å²) < 4.78 is 20.8. The van der Waals surface area contributed by atoms with Gasteiger partial charge < -0.3 is 23.9 Å². The Morgan fingerprint density at radius 1 is 1.07 bits per heavy atom. The summed E-state index contributed by atoms with van der Waals surface area (Å²) in [7, 11) is 1.55. The monoisotopic (exact) mass is 409 g/mol. The average Bonchev–Trinajstić information content (AvgIpc) is 2.75. The molecule has 0 unspecified atom stereocenters. The molecule has 154 valence electrons. The fourth-order valence-electron chi connectivity index (χ4n) is 2.55. The zero-order valence-electron chi connectivity index (χ0n) is 16.2. The first-order valence-corrected chi connectivity index (χ1v) is 8.94. The van der Waals surface area contributed by atoms with Crippen LogP contribution in [0.3, 0.4) is 0 Å². The van der Waals surface area contributed by atoms with Gasteiger partial charge in [-0.05, 0) is 42.5 Å². The number of fused-ring (bicyclic) bond motifs is 1. The highest BCUT2D eigenvalue weighted by Gasteiger charge is 2.14. The molecular weight excluding hydrogens is 390 g/mol. The quantitative estimate of drug-likeness (QED) is 0.264. The van der Waals surface area contributed by atoms with Crippen LogP contribution in [0.15, 0.2) is 70.4 Å². The second-order valence-corrected chi connectivity index (χ2v) is 6.08. The molecule has 3 rings (SSSR count). The van der Waals surface area contributed by atoms with Crippen LogP contribution in [0.25, 0.3) is 11.0 Å². The van der Waals surface area contributed by atoms with Crippen molar-refractivity contribution in [2.45, 2.75) is 0 Å². The topological polar surface area (TPSA) is 104 Å². The van der Waals surface area contributed by atoms with Gasteiger partial charge in [0.25, 0.3) is 5.91 Å². The minimum atomic E-state index is -0.796. The molecule has 8 nitrogen and oxygen atoms in total. The van der Waals surface area contributed by atoms with E-state index in [9.17, 15) is 14.4 Å². The summed E-state index contributed by atoms with van der Waals surface area (Å²) in [6.07, 6.45) is 1.50. The SMILES string of the molecule is C=CCNC(=O)c1cc2ccc(OC(=O)COc3ccc(OC)cc3)cc2oc1=O. The molecule has 0 aliphatic heterocycles. The van der Waals surface area contributed by atoms with Crippen molar-refractivity contribution in [1.29, 1.82) is 0 Å². The van der Waals surface area contributed by atoms with Gasteiger partial charge in [0.15, 0.2) is 6.61 Å². The highest BCUT2D eigenvalue weighted by molar-refractivity contribution is 5.96. The molecule has 1 N–H and O–H groups in total. The van der Waals surface area contributed by atoms with Crippen LogP contribution >= 0.6 is 0 Å². The molecule has 2 aromatic carbocycles. The molecule has 0 aliphatic rings. The average molecular weight is 409 g/mol. The van der Waals surface area contributed by atoms with Crippen molar-refractivity contribution in [3.63, 3.8) is 0 Å². The maximum atomic E-state index is 12.1. The summed E-state index contributed by atoms with van der Waals surface area (Å²) >= 11 is 0. The van der Waals surface area contributed by atoms with Crippen molar-refractivity contribution < 1.29 is 28.2 Å². The van der Waals surface area contributed by atoms with Crippen molar-refractivity contribution in [2.75, 3.05) is 20.3 Å². The number of benzene rings is 2. The van der Waals surface area contributed by atoms with Crippen LogP contribution in [-0.2, 0) is 4.79 Å². The molecule has 1 amide bonds. The number of ether oxygens (including phenoxy) is 3. The molecule has 0 saturated heterocycles. The number of esters is 1. The molecular formula is C22H19NO7. The first kappa shape index (κ1) is 20.7.